The first-order chi connectivity index (χ1) is 10.2. The van der Waals surface area contributed by atoms with Crippen LogP contribution in [0.1, 0.15) is 57.9 Å². The summed E-state index contributed by atoms with van der Waals surface area (Å²) in [4.78, 5) is 12.0. The number of nitrogens with two attached hydrogens (primary N) is 1. The number of rotatable bonds is 10. The van der Waals surface area contributed by atoms with Crippen molar-refractivity contribution in [2.75, 3.05) is 6.54 Å². The number of ether oxygens (including phenoxy) is 1. The summed E-state index contributed by atoms with van der Waals surface area (Å²) in [5.41, 5.74) is 6.82. The van der Waals surface area contributed by atoms with Gasteiger partial charge in [-0.25, -0.2) is 0 Å². The van der Waals surface area contributed by atoms with E-state index < -0.39 is 0 Å². The Hall–Kier alpha value is -1.35. The van der Waals surface area contributed by atoms with Crippen LogP contribution in [-0.2, 0) is 11.2 Å². The highest BCUT2D eigenvalue weighted by Crippen LogP contribution is 2.17. The predicted octanol–water partition coefficient (Wildman–Crippen LogP) is 4.09. The van der Waals surface area contributed by atoms with Crippen LogP contribution >= 0.6 is 0 Å². The van der Waals surface area contributed by atoms with Crippen molar-refractivity contribution in [2.24, 2.45) is 11.7 Å². The highest BCUT2D eigenvalue weighted by atomic mass is 16.5. The van der Waals surface area contributed by atoms with Gasteiger partial charge in [0.2, 0.25) is 0 Å². The summed E-state index contributed by atoms with van der Waals surface area (Å²) in [6.07, 6.45) is 7.62. The minimum atomic E-state index is -0.168. The van der Waals surface area contributed by atoms with Crippen molar-refractivity contribution >= 4 is 5.97 Å². The topological polar surface area (TPSA) is 52.3 Å². The third-order valence-corrected chi connectivity index (χ3v) is 3.80. The highest BCUT2D eigenvalue weighted by Gasteiger charge is 2.17. The maximum absolute atomic E-state index is 12.0. The van der Waals surface area contributed by atoms with Crippen LogP contribution in [0.5, 0.6) is 5.75 Å². The Balaban J connectivity index is 2.44. The number of hydrogen-bond acceptors (Lipinski definition) is 3. The third kappa shape index (κ3) is 6.76. The van der Waals surface area contributed by atoms with Gasteiger partial charge in [-0.1, -0.05) is 45.2 Å². The van der Waals surface area contributed by atoms with Gasteiger partial charge < -0.3 is 10.5 Å². The van der Waals surface area contributed by atoms with Gasteiger partial charge in [-0.3, -0.25) is 4.79 Å². The van der Waals surface area contributed by atoms with E-state index >= 15 is 0 Å². The van der Waals surface area contributed by atoms with E-state index in [2.05, 4.69) is 19.1 Å². The number of benzene rings is 1. The molecule has 0 radical (unpaired) electrons. The molecule has 21 heavy (non-hydrogen) atoms. The molecule has 0 spiro atoms. The quantitative estimate of drug-likeness (QED) is 0.401. The van der Waals surface area contributed by atoms with E-state index in [1.165, 1.54) is 31.2 Å². The molecular formula is C18H29NO2. The molecule has 0 aliphatic rings. The number of aryl methyl sites for hydroxylation is 1. The second-order valence-electron chi connectivity index (χ2n) is 5.56. The van der Waals surface area contributed by atoms with Gasteiger partial charge in [0, 0.05) is 0 Å². The Kier molecular flexibility index (Phi) is 8.76. The molecule has 0 aromatic heterocycles. The first kappa shape index (κ1) is 17.7. The van der Waals surface area contributed by atoms with Crippen molar-refractivity contribution in [3.05, 3.63) is 29.8 Å². The lowest BCUT2D eigenvalue weighted by molar-refractivity contribution is -0.139. The summed E-state index contributed by atoms with van der Waals surface area (Å²) < 4.78 is 5.42. The van der Waals surface area contributed by atoms with Crippen molar-refractivity contribution in [3.8, 4) is 5.75 Å². The number of esters is 1. The first-order valence-corrected chi connectivity index (χ1v) is 8.21. The van der Waals surface area contributed by atoms with Gasteiger partial charge in [0.1, 0.15) is 5.75 Å². The molecule has 118 valence electrons. The van der Waals surface area contributed by atoms with Gasteiger partial charge in [0.05, 0.1) is 5.92 Å². The zero-order valence-corrected chi connectivity index (χ0v) is 13.4. The molecular weight excluding hydrogens is 262 g/mol. The Labute approximate surface area is 128 Å². The van der Waals surface area contributed by atoms with Gasteiger partial charge >= 0.3 is 5.97 Å². The van der Waals surface area contributed by atoms with Gasteiger partial charge in [-0.2, -0.15) is 0 Å². The van der Waals surface area contributed by atoms with Crippen LogP contribution in [0, 0.1) is 5.92 Å². The van der Waals surface area contributed by atoms with E-state index in [0.29, 0.717) is 18.7 Å². The Bertz CT molecular complexity index is 400. The normalized spacial score (nSPS) is 12.1. The zero-order valence-electron chi connectivity index (χ0n) is 13.4. The molecule has 1 rings (SSSR count). The van der Waals surface area contributed by atoms with Crippen LogP contribution in [-0.4, -0.2) is 12.5 Å². The lowest BCUT2D eigenvalue weighted by Gasteiger charge is -2.13. The summed E-state index contributed by atoms with van der Waals surface area (Å²) in [7, 11) is 0. The van der Waals surface area contributed by atoms with E-state index in [-0.39, 0.29) is 11.9 Å². The lowest BCUT2D eigenvalue weighted by atomic mass is 10.0. The van der Waals surface area contributed by atoms with E-state index in [9.17, 15) is 4.79 Å². The average molecular weight is 291 g/mol. The molecule has 1 unspecified atom stereocenters. The molecule has 0 aliphatic carbocycles. The second-order valence-corrected chi connectivity index (χ2v) is 5.56. The molecule has 1 atom stereocenters. The fraction of sp³-hybridized carbons (Fsp3) is 0.611. The maximum atomic E-state index is 12.0. The summed E-state index contributed by atoms with van der Waals surface area (Å²) in [5.74, 6) is 0.371. The molecule has 0 heterocycles. The average Bonchev–Trinajstić information content (AvgIpc) is 2.50. The second kappa shape index (κ2) is 10.4. The van der Waals surface area contributed by atoms with Gasteiger partial charge in [-0.05, 0) is 49.9 Å². The van der Waals surface area contributed by atoms with Crippen LogP contribution in [0.15, 0.2) is 24.3 Å². The summed E-state index contributed by atoms with van der Waals surface area (Å²) in [6, 6.07) is 7.89. The van der Waals surface area contributed by atoms with Crippen LogP contribution in [0.2, 0.25) is 0 Å². The van der Waals surface area contributed by atoms with Crippen LogP contribution < -0.4 is 10.5 Å². The lowest BCUT2D eigenvalue weighted by Crippen LogP contribution is -2.22. The molecule has 3 heteroatoms. The van der Waals surface area contributed by atoms with Crippen LogP contribution in [0.4, 0.5) is 0 Å². The number of carbonyl (C=O) groups is 1. The monoisotopic (exact) mass is 291 g/mol. The smallest absolute Gasteiger partial charge is 0.314 e. The predicted molar refractivity (Wildman–Crippen MR) is 87.4 cm³/mol. The van der Waals surface area contributed by atoms with Gasteiger partial charge in [0.25, 0.3) is 0 Å². The molecule has 0 fully saturated rings. The standard InChI is InChI=1S/C18H29NO2/c1-3-5-6-7-8-15-9-11-17(12-10-15)21-18(20)16(4-2)13-14-19/h9-12,16H,3-8,13-14,19H2,1-2H3. The largest absolute Gasteiger partial charge is 0.426 e. The third-order valence-electron chi connectivity index (χ3n) is 3.80. The summed E-state index contributed by atoms with van der Waals surface area (Å²) in [5, 5.41) is 0. The maximum Gasteiger partial charge on any atom is 0.314 e. The Morgan fingerprint density at radius 1 is 1.14 bits per heavy atom. The van der Waals surface area contributed by atoms with E-state index in [4.69, 9.17) is 10.5 Å². The van der Waals surface area contributed by atoms with E-state index in [1.54, 1.807) is 0 Å². The molecule has 0 saturated heterocycles. The molecule has 1 aromatic rings. The Morgan fingerprint density at radius 3 is 2.43 bits per heavy atom. The van der Waals surface area contributed by atoms with Crippen molar-refractivity contribution in [1.82, 2.24) is 0 Å². The number of hydrogen-bond donors (Lipinski definition) is 1. The fourth-order valence-electron chi connectivity index (χ4n) is 2.37. The Morgan fingerprint density at radius 2 is 1.86 bits per heavy atom. The molecule has 0 saturated carbocycles. The summed E-state index contributed by atoms with van der Waals surface area (Å²) in [6.45, 7) is 4.72. The number of unbranched alkanes of at least 4 members (excludes halogenated alkanes) is 3. The molecule has 1 aromatic carbocycles. The highest BCUT2D eigenvalue weighted by molar-refractivity contribution is 5.75. The fourth-order valence-corrected chi connectivity index (χ4v) is 2.37. The zero-order chi connectivity index (χ0) is 15.5. The molecule has 2 N–H and O–H groups in total. The summed E-state index contributed by atoms with van der Waals surface area (Å²) >= 11 is 0. The van der Waals surface area contributed by atoms with Gasteiger partial charge in [-0.15, -0.1) is 0 Å². The van der Waals surface area contributed by atoms with E-state index in [1.807, 2.05) is 19.1 Å². The molecule has 0 bridgehead atoms. The molecule has 3 nitrogen and oxygen atoms in total. The van der Waals surface area contributed by atoms with Crippen molar-refractivity contribution in [1.29, 1.82) is 0 Å². The molecule has 0 aliphatic heterocycles. The van der Waals surface area contributed by atoms with Crippen molar-refractivity contribution in [2.45, 2.75) is 58.8 Å². The van der Waals surface area contributed by atoms with Gasteiger partial charge in [0.15, 0.2) is 0 Å². The van der Waals surface area contributed by atoms with E-state index in [0.717, 1.165) is 12.8 Å². The number of carbonyl (C=O) groups excluding carboxylic acids is 1. The first-order valence-electron chi connectivity index (χ1n) is 8.21. The minimum absolute atomic E-state index is 0.0938. The molecule has 0 amide bonds. The van der Waals surface area contributed by atoms with Crippen molar-refractivity contribution < 1.29 is 9.53 Å². The SMILES string of the molecule is CCCCCCc1ccc(OC(=O)C(CC)CCN)cc1. The minimum Gasteiger partial charge on any atom is -0.426 e. The van der Waals surface area contributed by atoms with Crippen molar-refractivity contribution in [3.63, 3.8) is 0 Å². The van der Waals surface area contributed by atoms with Crippen LogP contribution in [0.3, 0.4) is 0 Å². The van der Waals surface area contributed by atoms with Crippen LogP contribution in [0.25, 0.3) is 0 Å².